The molecule has 0 unspecified atom stereocenters. The minimum absolute atomic E-state index is 0. The van der Waals surface area contributed by atoms with Crippen LogP contribution >= 0.6 is 15.9 Å². The van der Waals surface area contributed by atoms with E-state index < -0.39 is 13.1 Å². The van der Waals surface area contributed by atoms with Gasteiger partial charge in [0.15, 0.2) is 0 Å². The van der Waals surface area contributed by atoms with Crippen LogP contribution < -0.4 is 42.9 Å². The second kappa shape index (κ2) is 30.4. The number of nitrogens with zero attached hydrogens (tertiary/aromatic N) is 2. The fourth-order valence-corrected chi connectivity index (χ4v) is 7.94. The van der Waals surface area contributed by atoms with Gasteiger partial charge in [-0.3, -0.25) is 14.0 Å². The van der Waals surface area contributed by atoms with Crippen LogP contribution in [0.1, 0.15) is 96.1 Å². The maximum Gasteiger partial charge on any atom is 1.00 e. The van der Waals surface area contributed by atoms with Crippen molar-refractivity contribution in [3.05, 3.63) is 147 Å². The van der Waals surface area contributed by atoms with E-state index in [0.29, 0.717) is 19.4 Å². The summed E-state index contributed by atoms with van der Waals surface area (Å²) < 4.78 is 38.7. The third kappa shape index (κ3) is 20.4. The topological polar surface area (TPSA) is 128 Å². The minimum Gasteiger partial charge on any atom is -0.870 e. The Morgan fingerprint density at radius 2 is 1.07 bits per heavy atom. The number of hydrogen-bond donors (Lipinski definition) is 1. The number of halogens is 2. The maximum atomic E-state index is 11.6. The number of alkyl halides is 1. The molecule has 0 spiro atoms. The van der Waals surface area contributed by atoms with Crippen molar-refractivity contribution >= 4 is 39.2 Å². The van der Waals surface area contributed by atoms with Crippen LogP contribution in [0, 0.1) is 0 Å². The summed E-state index contributed by atoms with van der Waals surface area (Å²) in [5.74, 6) is 1.87. The van der Waals surface area contributed by atoms with E-state index in [1.807, 2.05) is 90.9 Å². The number of anilines is 2. The largest absolute Gasteiger partial charge is 1.00 e. The number of aryl methyl sites for hydroxylation is 2. The first-order valence-electron chi connectivity index (χ1n) is 23.3. The van der Waals surface area contributed by atoms with E-state index in [9.17, 15) is 14.0 Å². The Morgan fingerprint density at radius 3 is 1.48 bits per heavy atom. The Labute approximate surface area is 420 Å². The molecule has 0 amide bonds. The predicted molar refractivity (Wildman–Crippen MR) is 267 cm³/mol. The first kappa shape index (κ1) is 56.3. The molecule has 67 heavy (non-hydrogen) atoms. The maximum absolute atomic E-state index is 11.6. The molecule has 0 aromatic heterocycles. The molecule has 7 rings (SSSR count). The van der Waals surface area contributed by atoms with Crippen LogP contribution in [0.2, 0.25) is 0 Å². The molecule has 0 aliphatic carbocycles. The van der Waals surface area contributed by atoms with Crippen molar-refractivity contribution in [3.63, 3.8) is 0 Å². The summed E-state index contributed by atoms with van der Waals surface area (Å²) in [5, 5.41) is 8.83. The molecule has 2 aliphatic rings. The van der Waals surface area contributed by atoms with Gasteiger partial charge in [-0.1, -0.05) is 70.5 Å². The van der Waals surface area contributed by atoms with Crippen molar-refractivity contribution in [1.29, 1.82) is 0 Å². The zero-order chi connectivity index (χ0) is 48.0. The molecule has 2 heterocycles. The first-order chi connectivity index (χ1) is 31.6. The molecular weight excluding hydrogens is 910 g/mol. The number of hydrogen-bond acceptors (Lipinski definition) is 9. The quantitative estimate of drug-likeness (QED) is 0.0802. The Hall–Kier alpha value is -4.99. The fourth-order valence-electron chi connectivity index (χ4n) is 7.56. The molecule has 0 saturated heterocycles. The smallest absolute Gasteiger partial charge is 0.870 e. The molecule has 2 N–H and O–H groups in total. The van der Waals surface area contributed by atoms with Crippen molar-refractivity contribution in [2.45, 2.75) is 118 Å². The van der Waals surface area contributed by atoms with Gasteiger partial charge in [0.1, 0.15) is 17.2 Å². The van der Waals surface area contributed by atoms with Crippen LogP contribution in [0.3, 0.4) is 0 Å². The molecule has 10 nitrogen and oxygen atoms in total. The molecule has 0 radical (unpaired) electrons. The van der Waals surface area contributed by atoms with E-state index in [-0.39, 0.29) is 55.0 Å². The average Bonchev–Trinajstić information content (AvgIpc) is 3.27. The number of ether oxygens (including phenoxy) is 4. The van der Waals surface area contributed by atoms with Gasteiger partial charge in [-0.25, -0.2) is 0 Å². The van der Waals surface area contributed by atoms with Crippen LogP contribution in [-0.4, -0.2) is 67.7 Å². The molecular formula is C54H69BrFLiN2O8. The van der Waals surface area contributed by atoms with E-state index >= 15 is 0 Å². The molecule has 2 aliphatic heterocycles. The number of carboxylic acids is 1. The van der Waals surface area contributed by atoms with Crippen LogP contribution in [0.5, 0.6) is 17.2 Å². The summed E-state index contributed by atoms with van der Waals surface area (Å²) >= 11 is 3.37. The van der Waals surface area contributed by atoms with Gasteiger partial charge < -0.3 is 39.3 Å². The SMILES string of the molecule is CC(C)Oc1cccc(Br)c1.CC(C)Oc1cccc(N2CCc3cc(CCC(=O)O)ccc3C2)c1.CCOC(=O)CCc1ccc2c(c1)CCN(c1cccc(OC(C)C)c1)C2.[2H]CF.[Li+].[OH-]. The number of aliphatic carboxylic acids is 1. The van der Waals surface area contributed by atoms with Gasteiger partial charge in [-0.2, -0.15) is 0 Å². The molecule has 13 heteroatoms. The Balaban J connectivity index is 0.000000359. The van der Waals surface area contributed by atoms with Crippen molar-refractivity contribution in [2.75, 3.05) is 36.6 Å². The molecule has 0 atom stereocenters. The Bertz CT molecular complexity index is 2280. The number of carbonyl (C=O) groups excluding carboxylic acids is 1. The predicted octanol–water partition coefficient (Wildman–Crippen LogP) is 9.24. The van der Waals surface area contributed by atoms with Crippen LogP contribution in [0.4, 0.5) is 15.8 Å². The third-order valence-corrected chi connectivity index (χ3v) is 10.9. The zero-order valence-electron chi connectivity index (χ0n) is 41.6. The van der Waals surface area contributed by atoms with Gasteiger partial charge in [0, 0.05) is 67.0 Å². The molecule has 358 valence electrons. The second-order valence-corrected chi connectivity index (χ2v) is 17.6. The van der Waals surface area contributed by atoms with Gasteiger partial charge in [0.25, 0.3) is 0 Å². The summed E-state index contributed by atoms with van der Waals surface area (Å²) in [6.45, 7) is 18.2. The van der Waals surface area contributed by atoms with E-state index in [0.717, 1.165) is 72.7 Å². The second-order valence-electron chi connectivity index (χ2n) is 16.7. The third-order valence-electron chi connectivity index (χ3n) is 10.4. The van der Waals surface area contributed by atoms with Crippen LogP contribution in [0.25, 0.3) is 0 Å². The standard InChI is InChI=1S/C23H29NO3.C21H25NO3.C9H11BrO.CH3F.Li.H2O/c1-4-26-23(25)11-9-18-8-10-20-16-24(13-12-19(20)14-18)21-6-5-7-22(15-21)27-17(2)3;1-15(2)25-20-5-3-4-19(13-20)22-11-10-17-12-16(7-9-21(23)24)6-8-18(17)14-22;1-7(2)11-9-5-3-4-8(10)6-9;1-2;;/h5-8,10,14-15,17H,4,9,11-13,16H2,1-3H3;3-6,8,12-13,15H,7,9-11,14H2,1-2H3,(H,23,24);3-7H,1-2H3;1H3;;1H2/q;;;;+1;/p-1/i;;;1D;;. The Kier molecular flexibility index (Phi) is 25.6. The molecule has 0 saturated carbocycles. The number of carbonyl (C=O) groups is 2. The van der Waals surface area contributed by atoms with Gasteiger partial charge in [-0.05, 0) is 150 Å². The number of rotatable bonds is 15. The van der Waals surface area contributed by atoms with E-state index in [4.69, 9.17) is 25.4 Å². The number of carboxylic acid groups (broad SMARTS) is 1. The first-order valence-corrected chi connectivity index (χ1v) is 23.3. The van der Waals surface area contributed by atoms with Crippen molar-refractivity contribution in [1.82, 2.24) is 0 Å². The summed E-state index contributed by atoms with van der Waals surface area (Å²) in [4.78, 5) is 27.1. The summed E-state index contributed by atoms with van der Waals surface area (Å²) in [5.41, 5.74) is 10.1. The van der Waals surface area contributed by atoms with Gasteiger partial charge in [-0.15, -0.1) is 0 Å². The molecule has 5 aromatic carbocycles. The van der Waals surface area contributed by atoms with Crippen molar-refractivity contribution < 1.29 is 63.7 Å². The number of fused-ring (bicyclic) bond motifs is 2. The van der Waals surface area contributed by atoms with Crippen molar-refractivity contribution in [2.24, 2.45) is 0 Å². The van der Waals surface area contributed by atoms with E-state index in [1.54, 1.807) is 0 Å². The molecule has 0 bridgehead atoms. The Morgan fingerprint density at radius 1 is 0.657 bits per heavy atom. The number of benzene rings is 5. The van der Waals surface area contributed by atoms with Gasteiger partial charge >= 0.3 is 30.8 Å². The average molecular weight is 981 g/mol. The van der Waals surface area contributed by atoms with E-state index in [2.05, 4.69) is 92.5 Å². The van der Waals surface area contributed by atoms with E-state index in [1.165, 1.54) is 39.2 Å². The van der Waals surface area contributed by atoms with Crippen molar-refractivity contribution in [3.8, 4) is 17.2 Å². The monoisotopic (exact) mass is 979 g/mol. The fraction of sp³-hybridized carbons (Fsp3) is 0.407. The normalized spacial score (nSPS) is 12.4. The summed E-state index contributed by atoms with van der Waals surface area (Å²) in [6.07, 6.45) is 4.55. The van der Waals surface area contributed by atoms with Gasteiger partial charge in [0.2, 0.25) is 0 Å². The van der Waals surface area contributed by atoms with Crippen LogP contribution in [-0.2, 0) is 53.1 Å². The summed E-state index contributed by atoms with van der Waals surface area (Å²) in [6, 6.07) is 37.4. The van der Waals surface area contributed by atoms with Crippen LogP contribution in [0.15, 0.2) is 114 Å². The minimum atomic E-state index is -1.00. The summed E-state index contributed by atoms with van der Waals surface area (Å²) in [7, 11) is -1.00. The molecule has 5 aromatic rings. The van der Waals surface area contributed by atoms with Gasteiger partial charge in [0.05, 0.1) is 33.4 Å². The number of esters is 1. The molecule has 0 fully saturated rings. The zero-order valence-corrected chi connectivity index (χ0v) is 42.2.